The number of carbonyl (C=O) groups excluding carboxylic acids is 1. The van der Waals surface area contributed by atoms with Crippen LogP contribution in [0.5, 0.6) is 0 Å². The Hall–Kier alpha value is -3.21. The van der Waals surface area contributed by atoms with E-state index in [4.69, 9.17) is 0 Å². The number of nitrogens with zero attached hydrogens (tertiary/aromatic N) is 4. The van der Waals surface area contributed by atoms with Crippen LogP contribution in [0.3, 0.4) is 0 Å². The molecule has 0 bridgehead atoms. The number of hydrogen-bond acceptors (Lipinski definition) is 6. The molecule has 0 saturated carbocycles. The summed E-state index contributed by atoms with van der Waals surface area (Å²) in [5.41, 5.74) is 4.88. The third-order valence-corrected chi connectivity index (χ3v) is 9.08. The van der Waals surface area contributed by atoms with Crippen LogP contribution in [-0.4, -0.2) is 51.0 Å². The summed E-state index contributed by atoms with van der Waals surface area (Å²) in [6.07, 6.45) is 2.00. The van der Waals surface area contributed by atoms with Crippen molar-refractivity contribution in [1.29, 1.82) is 0 Å². The Morgan fingerprint density at radius 2 is 1.80 bits per heavy atom. The fraction of sp³-hybridized carbons (Fsp3) is 0.360. The summed E-state index contributed by atoms with van der Waals surface area (Å²) in [6, 6.07) is 11.7. The maximum Gasteiger partial charge on any atom is 0.294 e. The Labute approximate surface area is 203 Å². The lowest BCUT2D eigenvalue weighted by atomic mass is 9.98. The number of amides is 1. The van der Waals surface area contributed by atoms with Gasteiger partial charge in [-0.3, -0.25) is 23.1 Å². The number of aryl methyl sites for hydroxylation is 1. The van der Waals surface area contributed by atoms with Gasteiger partial charge in [-0.2, -0.15) is 10.6 Å². The number of rotatable bonds is 3. The van der Waals surface area contributed by atoms with Crippen LogP contribution < -0.4 is 5.56 Å². The van der Waals surface area contributed by atoms with E-state index in [0.717, 1.165) is 22.2 Å². The van der Waals surface area contributed by atoms with Gasteiger partial charge in [0.15, 0.2) is 0 Å². The van der Waals surface area contributed by atoms with Gasteiger partial charge in [0.05, 0.1) is 11.0 Å². The minimum absolute atomic E-state index is 0.0632. The summed E-state index contributed by atoms with van der Waals surface area (Å²) < 4.78 is 21.6. The van der Waals surface area contributed by atoms with E-state index in [1.165, 1.54) is 0 Å². The molecule has 2 aromatic carbocycles. The predicted molar refractivity (Wildman–Crippen MR) is 135 cm³/mol. The summed E-state index contributed by atoms with van der Waals surface area (Å²) in [7, 11) is -2.46. The summed E-state index contributed by atoms with van der Waals surface area (Å²) in [6.45, 7) is 3.05. The van der Waals surface area contributed by atoms with Gasteiger partial charge in [0.25, 0.3) is 11.5 Å². The van der Waals surface area contributed by atoms with Gasteiger partial charge < -0.3 is 9.88 Å². The van der Waals surface area contributed by atoms with Crippen molar-refractivity contribution in [1.82, 2.24) is 24.5 Å². The SMILES string of the molecule is Cc1cc2c(cc1C(=O)N1Cc3ccccc3C1)[nH]c(=O)c1nnc(CC3CCS(O)(O)CC3)n12. The van der Waals surface area contributed by atoms with Crippen molar-refractivity contribution < 1.29 is 13.9 Å². The molecule has 9 nitrogen and oxygen atoms in total. The zero-order chi connectivity index (χ0) is 24.3. The van der Waals surface area contributed by atoms with Gasteiger partial charge in [-0.25, -0.2) is 0 Å². The van der Waals surface area contributed by atoms with Crippen LogP contribution >= 0.6 is 10.6 Å². The van der Waals surface area contributed by atoms with E-state index in [0.29, 0.717) is 60.8 Å². The van der Waals surface area contributed by atoms with Crippen molar-refractivity contribution in [3.8, 4) is 0 Å². The lowest BCUT2D eigenvalue weighted by Crippen LogP contribution is -2.26. The third-order valence-electron chi connectivity index (χ3n) is 7.30. The second-order valence-corrected chi connectivity index (χ2v) is 12.1. The van der Waals surface area contributed by atoms with Gasteiger partial charge in [-0.15, -0.1) is 10.2 Å². The lowest BCUT2D eigenvalue weighted by Gasteiger charge is -2.39. The lowest BCUT2D eigenvalue weighted by molar-refractivity contribution is 0.0751. The summed E-state index contributed by atoms with van der Waals surface area (Å²) in [5, 5.41) is 8.45. The van der Waals surface area contributed by atoms with Gasteiger partial charge in [0.1, 0.15) is 5.82 Å². The average Bonchev–Trinajstić information content (AvgIpc) is 3.45. The fourth-order valence-corrected chi connectivity index (χ4v) is 6.93. The van der Waals surface area contributed by atoms with Crippen LogP contribution in [0.4, 0.5) is 0 Å². The van der Waals surface area contributed by atoms with Crippen molar-refractivity contribution in [3.63, 3.8) is 0 Å². The van der Waals surface area contributed by atoms with E-state index in [-0.39, 0.29) is 23.0 Å². The molecule has 0 spiro atoms. The molecule has 10 heteroatoms. The molecule has 0 atom stereocenters. The van der Waals surface area contributed by atoms with Crippen molar-refractivity contribution in [2.24, 2.45) is 5.92 Å². The van der Waals surface area contributed by atoms with Crippen molar-refractivity contribution in [3.05, 3.63) is 74.8 Å². The molecular formula is C25H27N5O4S. The molecule has 3 N–H and O–H groups in total. The Kier molecular flexibility index (Phi) is 5.21. The first kappa shape index (κ1) is 22.3. The molecule has 2 aliphatic rings. The van der Waals surface area contributed by atoms with Crippen molar-refractivity contribution in [2.45, 2.75) is 39.3 Å². The second-order valence-electron chi connectivity index (χ2n) is 9.70. The molecule has 4 heterocycles. The van der Waals surface area contributed by atoms with Crippen LogP contribution in [0.1, 0.15) is 45.7 Å². The number of aromatic nitrogens is 4. The molecule has 0 radical (unpaired) electrons. The van der Waals surface area contributed by atoms with Crippen molar-refractivity contribution in [2.75, 3.05) is 11.5 Å². The van der Waals surface area contributed by atoms with E-state index in [1.54, 1.807) is 10.5 Å². The van der Waals surface area contributed by atoms with Crippen LogP contribution in [-0.2, 0) is 19.5 Å². The van der Waals surface area contributed by atoms with E-state index in [2.05, 4.69) is 15.2 Å². The molecule has 1 amide bonds. The number of aromatic amines is 1. The van der Waals surface area contributed by atoms with Gasteiger partial charge >= 0.3 is 0 Å². The maximum absolute atomic E-state index is 13.4. The summed E-state index contributed by atoms with van der Waals surface area (Å²) in [4.78, 5) is 30.9. The fourth-order valence-electron chi connectivity index (χ4n) is 5.30. The van der Waals surface area contributed by atoms with E-state index in [9.17, 15) is 18.7 Å². The van der Waals surface area contributed by atoms with Crippen LogP contribution in [0.25, 0.3) is 16.7 Å². The molecule has 182 valence electrons. The van der Waals surface area contributed by atoms with Gasteiger partial charge in [-0.1, -0.05) is 24.3 Å². The zero-order valence-electron chi connectivity index (χ0n) is 19.4. The topological polar surface area (TPSA) is 124 Å². The minimum atomic E-state index is -2.46. The number of fused-ring (bicyclic) bond motifs is 4. The Morgan fingerprint density at radius 3 is 2.49 bits per heavy atom. The molecule has 6 rings (SSSR count). The van der Waals surface area contributed by atoms with Crippen molar-refractivity contribution >= 4 is 33.2 Å². The third kappa shape index (κ3) is 3.91. The van der Waals surface area contributed by atoms with E-state index >= 15 is 0 Å². The molecule has 0 aliphatic carbocycles. The normalized spacial score (nSPS) is 18.8. The van der Waals surface area contributed by atoms with Crippen LogP contribution in [0, 0.1) is 12.8 Å². The predicted octanol–water partition coefficient (Wildman–Crippen LogP) is 3.74. The average molecular weight is 494 g/mol. The highest BCUT2D eigenvalue weighted by molar-refractivity contribution is 8.24. The minimum Gasteiger partial charge on any atom is -0.330 e. The van der Waals surface area contributed by atoms with E-state index in [1.807, 2.05) is 42.2 Å². The zero-order valence-corrected chi connectivity index (χ0v) is 20.2. The van der Waals surface area contributed by atoms with Gasteiger partial charge in [0, 0.05) is 36.6 Å². The largest absolute Gasteiger partial charge is 0.330 e. The first-order valence-electron chi connectivity index (χ1n) is 11.8. The Bertz CT molecular complexity index is 1510. The standard InChI is InChI=1S/C25H27N5O4S/c1-15-10-21-20(12-19(15)25(32)29-13-17-4-2-3-5-18(17)14-29)26-24(31)23-28-27-22(30(21)23)11-16-6-8-35(33,34)9-7-16/h2-5,10,12,16,33-34H,6-9,11,13-14H2,1H3,(H,26,31). The number of hydrogen-bond donors (Lipinski definition) is 3. The smallest absolute Gasteiger partial charge is 0.294 e. The first-order valence-corrected chi connectivity index (χ1v) is 13.7. The van der Waals surface area contributed by atoms with Gasteiger partial charge in [-0.05, 0) is 54.5 Å². The number of nitrogens with one attached hydrogen (secondary N) is 1. The number of benzene rings is 2. The number of H-pyrrole nitrogens is 1. The quantitative estimate of drug-likeness (QED) is 0.399. The first-order chi connectivity index (χ1) is 16.8. The molecule has 4 aromatic rings. The highest BCUT2D eigenvalue weighted by Gasteiger charge is 2.28. The molecule has 2 aromatic heterocycles. The van der Waals surface area contributed by atoms with Gasteiger partial charge in [0.2, 0.25) is 5.65 Å². The highest BCUT2D eigenvalue weighted by Crippen LogP contribution is 2.46. The highest BCUT2D eigenvalue weighted by atomic mass is 32.3. The second kappa shape index (κ2) is 8.18. The molecule has 1 fully saturated rings. The number of carbonyl (C=O) groups is 1. The molecule has 35 heavy (non-hydrogen) atoms. The molecule has 1 saturated heterocycles. The van der Waals surface area contributed by atoms with Crippen LogP contribution in [0.15, 0.2) is 41.2 Å². The Balaban J connectivity index is 1.36. The molecule has 2 aliphatic heterocycles. The summed E-state index contributed by atoms with van der Waals surface area (Å²) in [5.74, 6) is 1.66. The molecule has 0 unspecified atom stereocenters. The van der Waals surface area contributed by atoms with Crippen LogP contribution in [0.2, 0.25) is 0 Å². The van der Waals surface area contributed by atoms with E-state index < -0.39 is 10.6 Å². The Morgan fingerprint density at radius 1 is 1.11 bits per heavy atom. The molecular weight excluding hydrogens is 466 g/mol. The monoisotopic (exact) mass is 493 g/mol. The maximum atomic E-state index is 13.4. The summed E-state index contributed by atoms with van der Waals surface area (Å²) >= 11 is 0.